The van der Waals surface area contributed by atoms with E-state index in [0.717, 1.165) is 0 Å². The van der Waals surface area contributed by atoms with E-state index >= 15 is 0 Å². The Bertz CT molecular complexity index is 51.7. The molecule has 0 amide bonds. The van der Waals surface area contributed by atoms with Crippen molar-refractivity contribution < 1.29 is 0 Å². The minimum atomic E-state index is -0.454. The van der Waals surface area contributed by atoms with Crippen molar-refractivity contribution >= 4 is 30.4 Å². The highest BCUT2D eigenvalue weighted by Gasteiger charge is 1.35. The van der Waals surface area contributed by atoms with Crippen molar-refractivity contribution in [1.82, 2.24) is 0 Å². The zero-order valence-electron chi connectivity index (χ0n) is 2.26. The quantitative estimate of drug-likeness (QED) is 0.434. The van der Waals surface area contributed by atoms with Gasteiger partial charge in [-0.2, -0.15) is 0 Å². The normalized spacial score (nSPS) is 8.50. The standard InChI is InChI=1S/CH4S3/c1-4(2)3/h4H,1H3. The van der Waals surface area contributed by atoms with Gasteiger partial charge in [0.15, 0.2) is 0 Å². The molecule has 0 rings (SSSR count). The molecule has 3 heteroatoms. The van der Waals surface area contributed by atoms with Gasteiger partial charge in [0, 0.05) is 0 Å². The lowest BCUT2D eigenvalue weighted by Crippen LogP contribution is -1.47. The fourth-order valence-corrected chi connectivity index (χ4v) is 0. The summed E-state index contributed by atoms with van der Waals surface area (Å²) in [7, 11) is -0.454. The van der Waals surface area contributed by atoms with Gasteiger partial charge in [-0.15, -0.1) is 8.01 Å². The zero-order valence-corrected chi connectivity index (χ0v) is 4.79. The van der Waals surface area contributed by atoms with Crippen molar-refractivity contribution in [2.75, 3.05) is 6.26 Å². The third kappa shape index (κ3) is 14.3. The second-order valence-electron chi connectivity index (χ2n) is 0.440. The lowest BCUT2D eigenvalue weighted by molar-refractivity contribution is 2.54. The molecule has 0 aliphatic heterocycles. The molecule has 0 fully saturated rings. The van der Waals surface area contributed by atoms with Gasteiger partial charge in [0.05, 0.1) is 0 Å². The highest BCUT2D eigenvalue weighted by atomic mass is 33.1. The molecule has 26 valence electrons. The van der Waals surface area contributed by atoms with Crippen LogP contribution in [0.15, 0.2) is 0 Å². The molecule has 0 aromatic rings. The first-order valence-electron chi connectivity index (χ1n) is 0.812. The largest absolute Gasteiger partial charge is 0.104 e. The summed E-state index contributed by atoms with van der Waals surface area (Å²) in [6.07, 6.45) is 1.86. The summed E-state index contributed by atoms with van der Waals surface area (Å²) in [6.45, 7) is 0. The number of thiol groups is 1. The van der Waals surface area contributed by atoms with E-state index in [2.05, 4.69) is 22.4 Å². The maximum absolute atomic E-state index is 4.50. The molecule has 0 saturated carbocycles. The Labute approximate surface area is 37.0 Å². The Morgan fingerprint density at radius 1 is 1.50 bits per heavy atom. The van der Waals surface area contributed by atoms with E-state index in [4.69, 9.17) is 0 Å². The van der Waals surface area contributed by atoms with Crippen LogP contribution >= 0.6 is 0 Å². The van der Waals surface area contributed by atoms with Crippen molar-refractivity contribution in [3.8, 4) is 0 Å². The van der Waals surface area contributed by atoms with Crippen LogP contribution < -0.4 is 0 Å². The molecule has 0 aliphatic rings. The zero-order chi connectivity index (χ0) is 3.58. The van der Waals surface area contributed by atoms with Gasteiger partial charge in [0.25, 0.3) is 0 Å². The van der Waals surface area contributed by atoms with Crippen LogP contribution in [0.4, 0.5) is 0 Å². The number of hydrogen-bond donors (Lipinski definition) is 1. The van der Waals surface area contributed by atoms with E-state index in [-0.39, 0.29) is 0 Å². The van der Waals surface area contributed by atoms with Crippen LogP contribution in [0.5, 0.6) is 0 Å². The monoisotopic (exact) mass is 112 g/mol. The van der Waals surface area contributed by atoms with E-state index in [1.165, 1.54) is 0 Å². The Morgan fingerprint density at radius 2 is 1.50 bits per heavy atom. The first-order chi connectivity index (χ1) is 1.73. The first kappa shape index (κ1) is 4.79. The van der Waals surface area contributed by atoms with Gasteiger partial charge >= 0.3 is 0 Å². The summed E-state index contributed by atoms with van der Waals surface area (Å²) < 4.78 is 0. The van der Waals surface area contributed by atoms with Crippen molar-refractivity contribution in [3.63, 3.8) is 0 Å². The van der Waals surface area contributed by atoms with Gasteiger partial charge in [-0.1, -0.05) is 22.4 Å². The summed E-state index contributed by atoms with van der Waals surface area (Å²) in [5.74, 6) is 0. The Balaban J connectivity index is 3.51. The molecule has 0 unspecified atom stereocenters. The Hall–Kier alpha value is 0.790. The van der Waals surface area contributed by atoms with Crippen LogP contribution in [-0.4, -0.2) is 6.26 Å². The molecule has 0 radical (unpaired) electrons. The maximum atomic E-state index is 4.50. The smallest absolute Gasteiger partial charge is 0.0122 e. The van der Waals surface area contributed by atoms with Crippen LogP contribution in [0.1, 0.15) is 0 Å². The van der Waals surface area contributed by atoms with Crippen LogP contribution in [-0.2, 0) is 30.4 Å². The molecule has 0 saturated heterocycles. The Morgan fingerprint density at radius 3 is 1.50 bits per heavy atom. The topological polar surface area (TPSA) is 0 Å². The first-order valence-corrected chi connectivity index (χ1v) is 4.63. The van der Waals surface area contributed by atoms with Gasteiger partial charge in [-0.05, 0) is 6.26 Å². The maximum Gasteiger partial charge on any atom is -0.0122 e. The number of rotatable bonds is 0. The van der Waals surface area contributed by atoms with Crippen molar-refractivity contribution in [1.29, 1.82) is 0 Å². The average Bonchev–Trinajstić information content (AvgIpc) is 0.811. The van der Waals surface area contributed by atoms with Crippen molar-refractivity contribution in [3.05, 3.63) is 0 Å². The molecule has 4 heavy (non-hydrogen) atoms. The van der Waals surface area contributed by atoms with Gasteiger partial charge < -0.3 is 0 Å². The lowest BCUT2D eigenvalue weighted by atomic mass is 12.0. The van der Waals surface area contributed by atoms with Crippen LogP contribution in [0, 0.1) is 0 Å². The van der Waals surface area contributed by atoms with Crippen molar-refractivity contribution in [2.45, 2.75) is 0 Å². The summed E-state index contributed by atoms with van der Waals surface area (Å²) in [5.41, 5.74) is 0. The molecule has 0 nitrogen and oxygen atoms in total. The molecule has 0 aliphatic carbocycles. The van der Waals surface area contributed by atoms with Crippen molar-refractivity contribution in [2.24, 2.45) is 0 Å². The molecule has 0 heterocycles. The predicted molar refractivity (Wildman–Crippen MR) is 29.4 cm³/mol. The SMILES string of the molecule is C[SH](=S)=S. The van der Waals surface area contributed by atoms with Crippen LogP contribution in [0.3, 0.4) is 0 Å². The van der Waals surface area contributed by atoms with E-state index < -0.39 is 8.01 Å². The molecule has 0 bridgehead atoms. The fraction of sp³-hybridized carbons (Fsp3) is 1.00. The average molecular weight is 112 g/mol. The summed E-state index contributed by atoms with van der Waals surface area (Å²) in [6, 6.07) is 0. The third-order valence-corrected chi connectivity index (χ3v) is 0. The van der Waals surface area contributed by atoms with E-state index in [0.29, 0.717) is 0 Å². The third-order valence-electron chi connectivity index (χ3n) is 0. The molecule has 0 N–H and O–H groups in total. The minimum absolute atomic E-state index is 0.454. The molecular formula is CH4S3. The summed E-state index contributed by atoms with van der Waals surface area (Å²) in [5, 5.41) is 0. The van der Waals surface area contributed by atoms with Crippen LogP contribution in [0.25, 0.3) is 0 Å². The summed E-state index contributed by atoms with van der Waals surface area (Å²) in [4.78, 5) is 0. The second-order valence-corrected chi connectivity index (χ2v) is 5.30. The second kappa shape index (κ2) is 2.05. The fourth-order valence-electron chi connectivity index (χ4n) is 0. The van der Waals surface area contributed by atoms with E-state index in [9.17, 15) is 0 Å². The van der Waals surface area contributed by atoms with Gasteiger partial charge in [0.1, 0.15) is 0 Å². The molecular weight excluding hydrogens is 108 g/mol. The predicted octanol–water partition coefficient (Wildman–Crippen LogP) is -0.109. The molecule has 0 atom stereocenters. The van der Waals surface area contributed by atoms with Gasteiger partial charge in [-0.25, -0.2) is 0 Å². The Kier molecular flexibility index (Phi) is 2.46. The number of hydrogen-bond acceptors (Lipinski definition) is 2. The van der Waals surface area contributed by atoms with Gasteiger partial charge in [0.2, 0.25) is 0 Å². The molecule has 0 aromatic heterocycles. The summed E-state index contributed by atoms with van der Waals surface area (Å²) >= 11 is 9.00. The van der Waals surface area contributed by atoms with E-state index in [1.54, 1.807) is 0 Å². The molecule has 0 aromatic carbocycles. The highest BCUT2D eigenvalue weighted by Crippen LogP contribution is 1.37. The lowest BCUT2D eigenvalue weighted by Gasteiger charge is -1.48. The molecule has 0 spiro atoms. The van der Waals surface area contributed by atoms with E-state index in [1.807, 2.05) is 6.26 Å². The highest BCUT2D eigenvalue weighted by molar-refractivity contribution is 8.46. The minimum Gasteiger partial charge on any atom is -0.104 e. The van der Waals surface area contributed by atoms with Gasteiger partial charge in [-0.3, -0.25) is 0 Å². The van der Waals surface area contributed by atoms with Crippen LogP contribution in [0.2, 0.25) is 0 Å².